The van der Waals surface area contributed by atoms with Gasteiger partial charge in [0.25, 0.3) is 0 Å². The van der Waals surface area contributed by atoms with Crippen LogP contribution < -0.4 is 11.1 Å². The van der Waals surface area contributed by atoms with Crippen LogP contribution >= 0.6 is 11.3 Å². The molecule has 6 heteroatoms. The highest BCUT2D eigenvalue weighted by atomic mass is 32.1. The summed E-state index contributed by atoms with van der Waals surface area (Å²) in [4.78, 5) is 16.7. The van der Waals surface area contributed by atoms with Gasteiger partial charge in [0.2, 0.25) is 5.91 Å². The molecule has 0 fully saturated rings. The summed E-state index contributed by atoms with van der Waals surface area (Å²) in [5.74, 6) is -0.543. The number of anilines is 1. The molecule has 1 heterocycles. The van der Waals surface area contributed by atoms with Gasteiger partial charge in [0.1, 0.15) is 5.82 Å². The fraction of sp³-hybridized carbons (Fsp3) is 0.286. The first kappa shape index (κ1) is 14.6. The van der Waals surface area contributed by atoms with Gasteiger partial charge in [0, 0.05) is 17.5 Å². The molecule has 2 rings (SSSR count). The lowest BCUT2D eigenvalue weighted by atomic mass is 10.1. The Kier molecular flexibility index (Phi) is 4.15. The van der Waals surface area contributed by atoms with E-state index < -0.39 is 5.54 Å². The van der Waals surface area contributed by atoms with Crippen LogP contribution in [0.4, 0.5) is 9.52 Å². The second-order valence-corrected chi connectivity index (χ2v) is 6.19. The van der Waals surface area contributed by atoms with Crippen molar-refractivity contribution in [1.29, 1.82) is 0 Å². The number of benzene rings is 1. The molecule has 4 nitrogen and oxygen atoms in total. The summed E-state index contributed by atoms with van der Waals surface area (Å²) >= 11 is 1.32. The van der Waals surface area contributed by atoms with Crippen molar-refractivity contribution in [1.82, 2.24) is 4.98 Å². The maximum Gasteiger partial charge on any atom is 0.245 e. The zero-order chi connectivity index (χ0) is 14.8. The lowest BCUT2D eigenvalue weighted by Crippen LogP contribution is -2.45. The molecule has 0 spiro atoms. The van der Waals surface area contributed by atoms with Crippen molar-refractivity contribution >= 4 is 22.4 Å². The molecule has 0 aliphatic rings. The number of thiazole rings is 1. The van der Waals surface area contributed by atoms with E-state index in [9.17, 15) is 9.18 Å². The van der Waals surface area contributed by atoms with E-state index in [-0.39, 0.29) is 11.7 Å². The molecule has 0 aliphatic heterocycles. The van der Waals surface area contributed by atoms with Crippen molar-refractivity contribution in [3.63, 3.8) is 0 Å². The molecule has 3 N–H and O–H groups in total. The number of carbonyl (C=O) groups excluding carboxylic acids is 1. The predicted octanol–water partition coefficient (Wildman–Crippen LogP) is 2.55. The Labute approximate surface area is 120 Å². The molecule has 0 unspecified atom stereocenters. The van der Waals surface area contributed by atoms with Crippen molar-refractivity contribution in [2.45, 2.75) is 25.8 Å². The summed E-state index contributed by atoms with van der Waals surface area (Å²) in [6.45, 7) is 3.24. The standard InChI is InChI=1S/C14H16FN3OS/c1-14(2,16)12(19)18-13-17-8-10(20-13)7-9-5-3-4-6-11(9)15/h3-6,8H,7,16H2,1-2H3,(H,17,18,19). The minimum Gasteiger partial charge on any atom is -0.318 e. The third-order valence-electron chi connectivity index (χ3n) is 2.68. The van der Waals surface area contributed by atoms with Crippen LogP contribution in [0.5, 0.6) is 0 Å². The second-order valence-electron chi connectivity index (χ2n) is 5.08. The molecule has 0 atom stereocenters. The maximum absolute atomic E-state index is 13.5. The molecule has 1 amide bonds. The normalized spacial score (nSPS) is 11.4. The highest BCUT2D eigenvalue weighted by Crippen LogP contribution is 2.22. The summed E-state index contributed by atoms with van der Waals surface area (Å²) in [5, 5.41) is 3.12. The number of hydrogen-bond donors (Lipinski definition) is 2. The van der Waals surface area contributed by atoms with Crippen LogP contribution in [0.1, 0.15) is 24.3 Å². The Morgan fingerprint density at radius 1 is 1.45 bits per heavy atom. The monoisotopic (exact) mass is 293 g/mol. The van der Waals surface area contributed by atoms with Crippen LogP contribution in [-0.4, -0.2) is 16.4 Å². The van der Waals surface area contributed by atoms with E-state index >= 15 is 0 Å². The lowest BCUT2D eigenvalue weighted by Gasteiger charge is -2.16. The van der Waals surface area contributed by atoms with Crippen molar-refractivity contribution in [3.05, 3.63) is 46.7 Å². The summed E-state index contributed by atoms with van der Waals surface area (Å²) < 4.78 is 13.5. The molecular formula is C14H16FN3OS. The van der Waals surface area contributed by atoms with E-state index in [0.29, 0.717) is 17.1 Å². The Morgan fingerprint density at radius 3 is 2.80 bits per heavy atom. The van der Waals surface area contributed by atoms with Gasteiger partial charge in [-0.15, -0.1) is 11.3 Å². The fourth-order valence-corrected chi connectivity index (χ4v) is 2.37. The Hall–Kier alpha value is -1.79. The van der Waals surface area contributed by atoms with Crippen LogP contribution in [0.3, 0.4) is 0 Å². The molecule has 0 saturated heterocycles. The first-order valence-corrected chi connectivity index (χ1v) is 6.96. The van der Waals surface area contributed by atoms with Crippen molar-refractivity contribution in [3.8, 4) is 0 Å². The summed E-state index contributed by atoms with van der Waals surface area (Å²) in [6.07, 6.45) is 2.09. The van der Waals surface area contributed by atoms with Crippen molar-refractivity contribution < 1.29 is 9.18 Å². The van der Waals surface area contributed by atoms with Crippen LogP contribution in [0.15, 0.2) is 30.5 Å². The van der Waals surface area contributed by atoms with Crippen LogP contribution in [-0.2, 0) is 11.2 Å². The molecule has 20 heavy (non-hydrogen) atoms. The Bertz CT molecular complexity index is 619. The number of hydrogen-bond acceptors (Lipinski definition) is 4. The fourth-order valence-electron chi connectivity index (χ4n) is 1.53. The van der Waals surface area contributed by atoms with Gasteiger partial charge in [-0.2, -0.15) is 0 Å². The molecule has 2 aromatic rings. The summed E-state index contributed by atoms with van der Waals surface area (Å²) in [6, 6.07) is 6.60. The van der Waals surface area contributed by atoms with E-state index in [2.05, 4.69) is 10.3 Å². The van der Waals surface area contributed by atoms with E-state index in [0.717, 1.165) is 4.88 Å². The zero-order valence-electron chi connectivity index (χ0n) is 11.3. The zero-order valence-corrected chi connectivity index (χ0v) is 12.1. The predicted molar refractivity (Wildman–Crippen MR) is 78.2 cm³/mol. The topological polar surface area (TPSA) is 68.0 Å². The molecular weight excluding hydrogens is 277 g/mol. The van der Waals surface area contributed by atoms with Crippen molar-refractivity contribution in [2.75, 3.05) is 5.32 Å². The van der Waals surface area contributed by atoms with Gasteiger partial charge in [-0.3, -0.25) is 4.79 Å². The Balaban J connectivity index is 2.07. The SMILES string of the molecule is CC(C)(N)C(=O)Nc1ncc(Cc2ccccc2F)s1. The maximum atomic E-state index is 13.5. The van der Waals surface area contributed by atoms with Gasteiger partial charge in [-0.1, -0.05) is 18.2 Å². The van der Waals surface area contributed by atoms with Crippen LogP contribution in [0.2, 0.25) is 0 Å². The van der Waals surface area contributed by atoms with Gasteiger partial charge in [-0.05, 0) is 25.5 Å². The molecule has 0 radical (unpaired) electrons. The van der Waals surface area contributed by atoms with Gasteiger partial charge in [-0.25, -0.2) is 9.37 Å². The average molecular weight is 293 g/mol. The number of nitrogens with zero attached hydrogens (tertiary/aromatic N) is 1. The molecule has 1 aromatic heterocycles. The van der Waals surface area contributed by atoms with Crippen molar-refractivity contribution in [2.24, 2.45) is 5.73 Å². The molecule has 1 aromatic carbocycles. The first-order valence-electron chi connectivity index (χ1n) is 6.14. The third kappa shape index (κ3) is 3.61. The largest absolute Gasteiger partial charge is 0.318 e. The smallest absolute Gasteiger partial charge is 0.245 e. The first-order chi connectivity index (χ1) is 9.36. The van der Waals surface area contributed by atoms with Gasteiger partial charge in [0.05, 0.1) is 5.54 Å². The molecule has 0 bridgehead atoms. The third-order valence-corrected chi connectivity index (χ3v) is 3.59. The van der Waals surface area contributed by atoms with E-state index in [1.165, 1.54) is 17.4 Å². The van der Waals surface area contributed by atoms with Crippen LogP contribution in [0.25, 0.3) is 0 Å². The molecule has 0 aliphatic carbocycles. The molecule has 0 saturated carbocycles. The van der Waals surface area contributed by atoms with E-state index in [1.54, 1.807) is 38.2 Å². The Morgan fingerprint density at radius 2 is 2.15 bits per heavy atom. The number of amides is 1. The van der Waals surface area contributed by atoms with E-state index in [4.69, 9.17) is 5.73 Å². The highest BCUT2D eigenvalue weighted by Gasteiger charge is 2.22. The van der Waals surface area contributed by atoms with Gasteiger partial charge >= 0.3 is 0 Å². The summed E-state index contributed by atoms with van der Waals surface area (Å²) in [5.41, 5.74) is 5.34. The number of halogens is 1. The average Bonchev–Trinajstić information content (AvgIpc) is 2.78. The second kappa shape index (κ2) is 5.68. The van der Waals surface area contributed by atoms with Gasteiger partial charge in [0.15, 0.2) is 5.13 Å². The molecule has 106 valence electrons. The van der Waals surface area contributed by atoms with Crippen LogP contribution in [0, 0.1) is 5.82 Å². The number of aromatic nitrogens is 1. The number of nitrogens with one attached hydrogen (secondary N) is 1. The van der Waals surface area contributed by atoms with Gasteiger partial charge < -0.3 is 11.1 Å². The quantitative estimate of drug-likeness (QED) is 0.910. The number of nitrogens with two attached hydrogens (primary N) is 1. The summed E-state index contributed by atoms with van der Waals surface area (Å²) in [7, 11) is 0. The minimum atomic E-state index is -0.961. The lowest BCUT2D eigenvalue weighted by molar-refractivity contribution is -0.120. The number of carbonyl (C=O) groups is 1. The van der Waals surface area contributed by atoms with E-state index in [1.807, 2.05) is 0 Å². The highest BCUT2D eigenvalue weighted by molar-refractivity contribution is 7.15. The minimum absolute atomic E-state index is 0.241. The number of rotatable bonds is 4.